The maximum absolute atomic E-state index is 13.1. The van der Waals surface area contributed by atoms with Crippen LogP contribution in [0.4, 0.5) is 22.7 Å². The van der Waals surface area contributed by atoms with Crippen LogP contribution in [0.1, 0.15) is 52.7 Å². The van der Waals surface area contributed by atoms with E-state index in [2.05, 4.69) is 30.6 Å². The van der Waals surface area contributed by atoms with Gasteiger partial charge in [-0.15, -0.1) is 0 Å². The van der Waals surface area contributed by atoms with Gasteiger partial charge in [0, 0.05) is 40.9 Å². The summed E-state index contributed by atoms with van der Waals surface area (Å²) in [6.45, 7) is 6.64. The van der Waals surface area contributed by atoms with Crippen molar-refractivity contribution in [2.75, 3.05) is 44.2 Å². The van der Waals surface area contributed by atoms with E-state index in [-0.39, 0.29) is 42.2 Å². The van der Waals surface area contributed by atoms with Crippen molar-refractivity contribution >= 4 is 68.7 Å². The fraction of sp³-hybridized carbons (Fsp3) is 0.238. The quantitative estimate of drug-likeness (QED) is 0.0587. The summed E-state index contributed by atoms with van der Waals surface area (Å²) in [7, 11) is 1.59. The number of carbonyl (C=O) groups is 4. The maximum Gasteiger partial charge on any atom is 0.349 e. The number of hydrogen-bond acceptors (Lipinski definition) is 16. The van der Waals surface area contributed by atoms with Gasteiger partial charge in [-0.25, -0.2) is 29.3 Å². The molecule has 2 N–H and O–H groups in total. The predicted octanol–water partition coefficient (Wildman–Crippen LogP) is 6.82. The number of pyridine rings is 4. The van der Waals surface area contributed by atoms with E-state index in [4.69, 9.17) is 28.4 Å². The second-order valence-electron chi connectivity index (χ2n) is 12.4. The lowest BCUT2D eigenvalue weighted by atomic mass is 10.1. The van der Waals surface area contributed by atoms with E-state index in [1.165, 1.54) is 24.4 Å². The number of aromatic nitrogens is 4. The summed E-state index contributed by atoms with van der Waals surface area (Å²) in [5.41, 5.74) is 4.45. The molecule has 4 aromatic heterocycles. The first-order chi connectivity index (χ1) is 28.1. The Morgan fingerprint density at radius 2 is 1.47 bits per heavy atom. The number of benzene rings is 2. The van der Waals surface area contributed by atoms with Crippen molar-refractivity contribution in [2.24, 2.45) is 0 Å². The molecule has 2 aromatic carbocycles. The van der Waals surface area contributed by atoms with Gasteiger partial charge in [-0.1, -0.05) is 0 Å². The Labute approximate surface area is 332 Å². The molecule has 0 amide bonds. The highest BCUT2D eigenvalue weighted by Gasteiger charge is 2.23. The van der Waals surface area contributed by atoms with E-state index < -0.39 is 30.5 Å². The van der Waals surface area contributed by atoms with Crippen LogP contribution in [0.15, 0.2) is 79.1 Å². The third-order valence-electron chi connectivity index (χ3n) is 8.52. The molecule has 0 aliphatic heterocycles. The Hall–Kier alpha value is -7.36. The van der Waals surface area contributed by atoms with Crippen molar-refractivity contribution in [3.8, 4) is 17.4 Å². The topological polar surface area (TPSA) is 199 Å². The molecular formula is C42H40N6O10. The average Bonchev–Trinajstić information content (AvgIpc) is 3.22. The Bertz CT molecular complexity index is 2490. The zero-order valence-electron chi connectivity index (χ0n) is 32.4. The Morgan fingerprint density at radius 1 is 0.724 bits per heavy atom. The van der Waals surface area contributed by atoms with Crippen LogP contribution in [0.2, 0.25) is 0 Å². The normalized spacial score (nSPS) is 10.8. The SMILES string of the molecule is CCOC(=O)c1cc(Nc2c(C(=O)OCC)cnc3ccc(OCC)nc23)ccc1OC(=O)COC(=O)Cc1cc2c(Nc3ccc(OC)cc3)ccnc2nc1C. The predicted molar refractivity (Wildman–Crippen MR) is 213 cm³/mol. The minimum absolute atomic E-state index is 0.0335. The van der Waals surface area contributed by atoms with Crippen LogP contribution < -0.4 is 24.8 Å². The third kappa shape index (κ3) is 9.53. The van der Waals surface area contributed by atoms with Crippen molar-refractivity contribution in [3.05, 3.63) is 102 Å². The highest BCUT2D eigenvalue weighted by Crippen LogP contribution is 2.33. The summed E-state index contributed by atoms with van der Waals surface area (Å²) < 4.78 is 32.1. The molecule has 0 atom stereocenters. The summed E-state index contributed by atoms with van der Waals surface area (Å²) in [6.07, 6.45) is 2.81. The van der Waals surface area contributed by atoms with E-state index in [1.54, 1.807) is 58.3 Å². The second kappa shape index (κ2) is 18.5. The molecule has 16 nitrogen and oxygen atoms in total. The zero-order chi connectivity index (χ0) is 41.2. The Kier molecular flexibility index (Phi) is 12.9. The van der Waals surface area contributed by atoms with Crippen LogP contribution in [0.3, 0.4) is 0 Å². The number of rotatable bonds is 16. The van der Waals surface area contributed by atoms with E-state index in [0.717, 1.165) is 17.1 Å². The lowest BCUT2D eigenvalue weighted by molar-refractivity contribution is -0.153. The third-order valence-corrected chi connectivity index (χ3v) is 8.52. The monoisotopic (exact) mass is 788 g/mol. The van der Waals surface area contributed by atoms with Gasteiger partial charge in [0.1, 0.15) is 28.1 Å². The van der Waals surface area contributed by atoms with Gasteiger partial charge < -0.3 is 39.1 Å². The van der Waals surface area contributed by atoms with Crippen LogP contribution >= 0.6 is 0 Å². The molecular weight excluding hydrogens is 748 g/mol. The number of esters is 4. The van der Waals surface area contributed by atoms with Crippen molar-refractivity contribution in [1.29, 1.82) is 0 Å². The second-order valence-corrected chi connectivity index (χ2v) is 12.4. The minimum Gasteiger partial charge on any atom is -0.497 e. The number of carbonyl (C=O) groups excluding carboxylic acids is 4. The number of methoxy groups -OCH3 is 1. The number of ether oxygens (including phenoxy) is 6. The molecule has 0 bridgehead atoms. The van der Waals surface area contributed by atoms with Gasteiger partial charge in [-0.2, -0.15) is 0 Å². The molecule has 0 fully saturated rings. The van der Waals surface area contributed by atoms with Crippen molar-refractivity contribution in [2.45, 2.75) is 34.1 Å². The molecule has 58 heavy (non-hydrogen) atoms. The fourth-order valence-electron chi connectivity index (χ4n) is 5.79. The number of aryl methyl sites for hydroxylation is 1. The Balaban J connectivity index is 1.18. The number of hydrogen-bond donors (Lipinski definition) is 2. The highest BCUT2D eigenvalue weighted by molar-refractivity contribution is 6.05. The first-order valence-electron chi connectivity index (χ1n) is 18.3. The molecule has 298 valence electrons. The number of anilines is 4. The van der Waals surface area contributed by atoms with Gasteiger partial charge >= 0.3 is 23.9 Å². The van der Waals surface area contributed by atoms with Crippen LogP contribution in [0.5, 0.6) is 17.4 Å². The van der Waals surface area contributed by atoms with Crippen LogP contribution in [-0.4, -0.2) is 77.4 Å². The average molecular weight is 789 g/mol. The molecule has 4 heterocycles. The molecule has 0 unspecified atom stereocenters. The van der Waals surface area contributed by atoms with Gasteiger partial charge in [0.05, 0.1) is 50.2 Å². The summed E-state index contributed by atoms with van der Waals surface area (Å²) in [5, 5.41) is 7.17. The van der Waals surface area contributed by atoms with E-state index in [9.17, 15) is 19.2 Å². The van der Waals surface area contributed by atoms with E-state index in [0.29, 0.717) is 51.5 Å². The summed E-state index contributed by atoms with van der Waals surface area (Å²) in [5.74, 6) is -2.21. The molecule has 0 saturated heterocycles. The Morgan fingerprint density at radius 3 is 2.19 bits per heavy atom. The summed E-state index contributed by atoms with van der Waals surface area (Å²) >= 11 is 0. The minimum atomic E-state index is -0.944. The zero-order valence-corrected chi connectivity index (χ0v) is 32.4. The van der Waals surface area contributed by atoms with E-state index in [1.807, 2.05) is 31.2 Å². The lowest BCUT2D eigenvalue weighted by Gasteiger charge is -2.16. The van der Waals surface area contributed by atoms with Gasteiger partial charge in [-0.3, -0.25) is 9.78 Å². The highest BCUT2D eigenvalue weighted by atomic mass is 16.6. The number of nitrogens with one attached hydrogen (secondary N) is 2. The van der Waals surface area contributed by atoms with Gasteiger partial charge in [-0.05, 0) is 93.9 Å². The molecule has 0 radical (unpaired) electrons. The number of fused-ring (bicyclic) bond motifs is 2. The van der Waals surface area contributed by atoms with Crippen LogP contribution in [0.25, 0.3) is 22.1 Å². The smallest absolute Gasteiger partial charge is 0.349 e. The molecule has 6 aromatic rings. The van der Waals surface area contributed by atoms with Crippen molar-refractivity contribution in [1.82, 2.24) is 19.9 Å². The largest absolute Gasteiger partial charge is 0.497 e. The molecule has 0 aliphatic carbocycles. The van der Waals surface area contributed by atoms with Gasteiger partial charge in [0.2, 0.25) is 5.88 Å². The van der Waals surface area contributed by atoms with Crippen molar-refractivity contribution in [3.63, 3.8) is 0 Å². The lowest BCUT2D eigenvalue weighted by Crippen LogP contribution is -2.21. The van der Waals surface area contributed by atoms with Gasteiger partial charge in [0.25, 0.3) is 0 Å². The molecule has 0 spiro atoms. The molecule has 0 saturated carbocycles. The number of nitrogens with zero attached hydrogens (tertiary/aromatic N) is 4. The van der Waals surface area contributed by atoms with Crippen molar-refractivity contribution < 1.29 is 47.6 Å². The van der Waals surface area contributed by atoms with E-state index >= 15 is 0 Å². The molecule has 16 heteroatoms. The van der Waals surface area contributed by atoms with Crippen LogP contribution in [-0.2, 0) is 30.2 Å². The van der Waals surface area contributed by atoms with Crippen LogP contribution in [0, 0.1) is 6.92 Å². The molecule has 0 aliphatic rings. The van der Waals surface area contributed by atoms with Gasteiger partial charge in [0.15, 0.2) is 12.3 Å². The molecule has 6 rings (SSSR count). The first-order valence-corrected chi connectivity index (χ1v) is 18.3. The standard InChI is InChI=1S/C42H40N6O10/c1-6-54-35-16-14-33-39(48-35)38(31(22-44-33)42(52)56-8-3)47-27-11-15-34(30(21-27)41(51)55-7-2)58-37(50)23-57-36(49)20-25-19-29-32(17-18-43-40(29)45-24(25)4)46-26-9-12-28(53-5)13-10-26/h9-19,21-22H,6-8,20,23H2,1-5H3,(H,44,47)(H,43,45,46). The first kappa shape index (κ1) is 40.3. The summed E-state index contributed by atoms with van der Waals surface area (Å²) in [4.78, 5) is 70.0. The summed E-state index contributed by atoms with van der Waals surface area (Å²) in [6, 6.07) is 18.6. The fourth-order valence-corrected chi connectivity index (χ4v) is 5.79. The maximum atomic E-state index is 13.1.